The maximum Gasteiger partial charge on any atom is 0.220 e. The van der Waals surface area contributed by atoms with Gasteiger partial charge in [-0.3, -0.25) is 4.79 Å². The van der Waals surface area contributed by atoms with Crippen LogP contribution in [0.25, 0.3) is 0 Å². The zero-order valence-corrected chi connectivity index (χ0v) is 14.2. The molecule has 1 aromatic rings. The first-order chi connectivity index (χ1) is 10.2. The second kappa shape index (κ2) is 9.70. The van der Waals surface area contributed by atoms with Gasteiger partial charge >= 0.3 is 0 Å². The molecule has 1 amide bonds. The van der Waals surface area contributed by atoms with Crippen LogP contribution in [0.2, 0.25) is 0 Å². The summed E-state index contributed by atoms with van der Waals surface area (Å²) in [5, 5.41) is 6.43. The van der Waals surface area contributed by atoms with E-state index < -0.39 is 0 Å². The Labute approximate surface area is 139 Å². The van der Waals surface area contributed by atoms with Gasteiger partial charge in [-0.25, -0.2) is 0 Å². The molecule has 2 N–H and O–H groups in total. The minimum absolute atomic E-state index is 0. The normalized spacial score (nSPS) is 16.5. The van der Waals surface area contributed by atoms with Crippen molar-refractivity contribution in [2.45, 2.75) is 38.6 Å². The van der Waals surface area contributed by atoms with Crippen molar-refractivity contribution in [3.63, 3.8) is 0 Å². The molecule has 22 heavy (non-hydrogen) atoms. The quantitative estimate of drug-likeness (QED) is 0.844. The monoisotopic (exact) mass is 326 g/mol. The maximum atomic E-state index is 12.0. The molecule has 0 aliphatic carbocycles. The number of benzene rings is 1. The van der Waals surface area contributed by atoms with Gasteiger partial charge in [0, 0.05) is 6.42 Å². The van der Waals surface area contributed by atoms with Crippen LogP contribution in [-0.2, 0) is 4.79 Å². The molecule has 0 spiro atoms. The van der Waals surface area contributed by atoms with E-state index in [0.29, 0.717) is 12.3 Å². The lowest BCUT2D eigenvalue weighted by atomic mass is 9.93. The molecular formula is C17H27ClN2O2. The number of nitrogens with one attached hydrogen (secondary N) is 2. The molecular weight excluding hydrogens is 300 g/mol. The Bertz CT molecular complexity index is 444. The molecule has 4 nitrogen and oxygen atoms in total. The van der Waals surface area contributed by atoms with Crippen LogP contribution in [0.1, 0.15) is 44.2 Å². The molecule has 2 rings (SSSR count). The Morgan fingerprint density at radius 2 is 1.95 bits per heavy atom. The van der Waals surface area contributed by atoms with Gasteiger partial charge in [0.25, 0.3) is 0 Å². The fourth-order valence-corrected chi connectivity index (χ4v) is 2.80. The molecule has 1 aromatic carbocycles. The highest BCUT2D eigenvalue weighted by Crippen LogP contribution is 2.19. The Morgan fingerprint density at radius 3 is 2.55 bits per heavy atom. The molecule has 1 unspecified atom stereocenters. The lowest BCUT2D eigenvalue weighted by Gasteiger charge is -2.22. The summed E-state index contributed by atoms with van der Waals surface area (Å²) < 4.78 is 5.14. The van der Waals surface area contributed by atoms with Crippen molar-refractivity contribution >= 4 is 18.3 Å². The van der Waals surface area contributed by atoms with Gasteiger partial charge in [0.1, 0.15) is 5.75 Å². The molecule has 1 fully saturated rings. The van der Waals surface area contributed by atoms with Crippen LogP contribution in [-0.4, -0.2) is 26.1 Å². The van der Waals surface area contributed by atoms with E-state index in [0.717, 1.165) is 30.8 Å². The Hall–Kier alpha value is -1.26. The lowest BCUT2D eigenvalue weighted by molar-refractivity contribution is -0.122. The molecule has 1 saturated heterocycles. The van der Waals surface area contributed by atoms with Crippen LogP contribution < -0.4 is 15.4 Å². The van der Waals surface area contributed by atoms with Crippen molar-refractivity contribution in [2.24, 2.45) is 5.92 Å². The van der Waals surface area contributed by atoms with Crippen LogP contribution >= 0.6 is 12.4 Å². The van der Waals surface area contributed by atoms with Crippen LogP contribution in [0, 0.1) is 5.92 Å². The minimum Gasteiger partial charge on any atom is -0.497 e. The summed E-state index contributed by atoms with van der Waals surface area (Å²) in [6.45, 7) is 4.20. The van der Waals surface area contributed by atoms with Crippen molar-refractivity contribution in [2.75, 3.05) is 20.2 Å². The summed E-state index contributed by atoms with van der Waals surface area (Å²) in [6.07, 6.45) is 4.02. The second-order valence-electron chi connectivity index (χ2n) is 5.79. The zero-order valence-electron chi connectivity index (χ0n) is 13.4. The van der Waals surface area contributed by atoms with Crippen molar-refractivity contribution in [1.82, 2.24) is 10.6 Å². The van der Waals surface area contributed by atoms with Crippen LogP contribution in [0.3, 0.4) is 0 Å². The largest absolute Gasteiger partial charge is 0.497 e. The first-order valence-corrected chi connectivity index (χ1v) is 7.83. The molecule has 1 aliphatic heterocycles. The zero-order chi connectivity index (χ0) is 15.1. The molecule has 124 valence electrons. The van der Waals surface area contributed by atoms with E-state index in [1.165, 1.54) is 12.8 Å². The van der Waals surface area contributed by atoms with Crippen molar-refractivity contribution in [3.05, 3.63) is 29.8 Å². The standard InChI is InChI=1S/C17H26N2O2.ClH/c1-13(15-4-6-16(21-2)7-5-15)19-17(20)8-3-14-9-11-18-12-10-14;/h4-7,13-14,18H,3,8-12H2,1-2H3,(H,19,20);1H. The van der Waals surface area contributed by atoms with E-state index in [1.54, 1.807) is 7.11 Å². The molecule has 0 saturated carbocycles. The molecule has 0 bridgehead atoms. The molecule has 0 radical (unpaired) electrons. The smallest absolute Gasteiger partial charge is 0.220 e. The van der Waals surface area contributed by atoms with Gasteiger partial charge in [0.15, 0.2) is 0 Å². The van der Waals surface area contributed by atoms with Crippen LogP contribution in [0.5, 0.6) is 5.75 Å². The van der Waals surface area contributed by atoms with E-state index >= 15 is 0 Å². The fraction of sp³-hybridized carbons (Fsp3) is 0.588. The summed E-state index contributed by atoms with van der Waals surface area (Å²) in [5.41, 5.74) is 1.10. The molecule has 1 heterocycles. The third-order valence-electron chi connectivity index (χ3n) is 4.23. The van der Waals surface area contributed by atoms with E-state index in [1.807, 2.05) is 31.2 Å². The number of halogens is 1. The highest BCUT2D eigenvalue weighted by Gasteiger charge is 2.15. The Kier molecular flexibility index (Phi) is 8.28. The summed E-state index contributed by atoms with van der Waals surface area (Å²) in [4.78, 5) is 12.0. The summed E-state index contributed by atoms with van der Waals surface area (Å²) in [6, 6.07) is 7.88. The fourth-order valence-electron chi connectivity index (χ4n) is 2.80. The van der Waals surface area contributed by atoms with E-state index in [4.69, 9.17) is 4.74 Å². The third-order valence-corrected chi connectivity index (χ3v) is 4.23. The average molecular weight is 327 g/mol. The highest BCUT2D eigenvalue weighted by atomic mass is 35.5. The van der Waals surface area contributed by atoms with E-state index in [-0.39, 0.29) is 24.4 Å². The summed E-state index contributed by atoms with van der Waals surface area (Å²) >= 11 is 0. The van der Waals surface area contributed by atoms with Gasteiger partial charge in [-0.05, 0) is 62.9 Å². The Balaban J connectivity index is 0.00000242. The molecule has 0 aromatic heterocycles. The van der Waals surface area contributed by atoms with Gasteiger partial charge in [-0.15, -0.1) is 12.4 Å². The number of methoxy groups -OCH3 is 1. The van der Waals surface area contributed by atoms with Gasteiger partial charge in [-0.1, -0.05) is 12.1 Å². The number of rotatable bonds is 6. The van der Waals surface area contributed by atoms with Crippen LogP contribution in [0.4, 0.5) is 0 Å². The number of carbonyl (C=O) groups excluding carboxylic acids is 1. The van der Waals surface area contributed by atoms with E-state index in [2.05, 4.69) is 10.6 Å². The third kappa shape index (κ3) is 5.85. The van der Waals surface area contributed by atoms with Gasteiger partial charge in [0.2, 0.25) is 5.91 Å². The van der Waals surface area contributed by atoms with E-state index in [9.17, 15) is 4.79 Å². The van der Waals surface area contributed by atoms with Gasteiger partial charge in [-0.2, -0.15) is 0 Å². The lowest BCUT2D eigenvalue weighted by Crippen LogP contribution is -2.30. The first kappa shape index (κ1) is 18.8. The number of piperidine rings is 1. The van der Waals surface area contributed by atoms with Crippen molar-refractivity contribution in [3.8, 4) is 5.75 Å². The molecule has 1 aliphatic rings. The summed E-state index contributed by atoms with van der Waals surface area (Å²) in [5.74, 6) is 1.69. The minimum atomic E-state index is 0. The van der Waals surface area contributed by atoms with Crippen molar-refractivity contribution in [1.29, 1.82) is 0 Å². The van der Waals surface area contributed by atoms with Crippen molar-refractivity contribution < 1.29 is 9.53 Å². The predicted molar refractivity (Wildman–Crippen MR) is 91.6 cm³/mol. The highest BCUT2D eigenvalue weighted by molar-refractivity contribution is 5.85. The van der Waals surface area contributed by atoms with Crippen LogP contribution in [0.15, 0.2) is 24.3 Å². The number of hydrogen-bond acceptors (Lipinski definition) is 3. The topological polar surface area (TPSA) is 50.4 Å². The second-order valence-corrected chi connectivity index (χ2v) is 5.79. The number of amides is 1. The average Bonchev–Trinajstić information content (AvgIpc) is 2.54. The molecule has 5 heteroatoms. The number of hydrogen-bond donors (Lipinski definition) is 2. The first-order valence-electron chi connectivity index (χ1n) is 7.83. The number of ether oxygens (including phenoxy) is 1. The number of carbonyl (C=O) groups is 1. The molecule has 1 atom stereocenters. The SMILES string of the molecule is COc1ccc(C(C)NC(=O)CCC2CCNCC2)cc1.Cl. The van der Waals surface area contributed by atoms with Gasteiger partial charge < -0.3 is 15.4 Å². The predicted octanol–water partition coefficient (Wildman–Crippen LogP) is 3.07. The Morgan fingerprint density at radius 1 is 1.32 bits per heavy atom. The maximum absolute atomic E-state index is 12.0. The summed E-state index contributed by atoms with van der Waals surface area (Å²) in [7, 11) is 1.65. The van der Waals surface area contributed by atoms with Gasteiger partial charge in [0.05, 0.1) is 13.2 Å².